The molecule has 1 saturated heterocycles. The van der Waals surface area contributed by atoms with E-state index in [2.05, 4.69) is 9.62 Å². The smallest absolute Gasteiger partial charge is 0.240 e. The van der Waals surface area contributed by atoms with Crippen molar-refractivity contribution < 1.29 is 8.42 Å². The van der Waals surface area contributed by atoms with Crippen molar-refractivity contribution in [3.05, 3.63) is 29.3 Å². The summed E-state index contributed by atoms with van der Waals surface area (Å²) < 4.78 is 27.1. The van der Waals surface area contributed by atoms with Crippen LogP contribution in [0.5, 0.6) is 0 Å². The Morgan fingerprint density at radius 2 is 2.00 bits per heavy atom. The van der Waals surface area contributed by atoms with Gasteiger partial charge in [0.25, 0.3) is 0 Å². The molecule has 2 rings (SSSR count). The third-order valence-corrected chi connectivity index (χ3v) is 5.23. The maximum Gasteiger partial charge on any atom is 0.240 e. The molecule has 1 fully saturated rings. The second-order valence-corrected chi connectivity index (χ2v) is 7.01. The highest BCUT2D eigenvalue weighted by Gasteiger charge is 2.16. The van der Waals surface area contributed by atoms with Crippen molar-refractivity contribution in [3.8, 4) is 0 Å². The molecule has 0 amide bonds. The quantitative estimate of drug-likeness (QED) is 0.815. The van der Waals surface area contributed by atoms with Crippen LogP contribution in [0.15, 0.2) is 23.1 Å². The van der Waals surface area contributed by atoms with Gasteiger partial charge in [-0.2, -0.15) is 0 Å². The van der Waals surface area contributed by atoms with Crippen LogP contribution in [0.1, 0.15) is 24.0 Å². The second kappa shape index (κ2) is 6.67. The van der Waals surface area contributed by atoms with E-state index >= 15 is 0 Å². The lowest BCUT2D eigenvalue weighted by Gasteiger charge is -2.15. The molecule has 0 saturated carbocycles. The number of aryl methyl sites for hydroxylation is 1. The zero-order valence-electron chi connectivity index (χ0n) is 11.9. The fraction of sp³-hybridized carbons (Fsp3) is 0.571. The number of nitrogens with zero attached hydrogens (tertiary/aromatic N) is 1. The molecule has 1 aliphatic rings. The van der Waals surface area contributed by atoms with Gasteiger partial charge in [0.1, 0.15) is 0 Å². The molecule has 0 aliphatic carbocycles. The van der Waals surface area contributed by atoms with Gasteiger partial charge in [-0.05, 0) is 56.1 Å². The van der Waals surface area contributed by atoms with Gasteiger partial charge in [-0.25, -0.2) is 13.1 Å². The van der Waals surface area contributed by atoms with Gasteiger partial charge >= 0.3 is 0 Å². The number of benzene rings is 1. The van der Waals surface area contributed by atoms with Gasteiger partial charge in [-0.3, -0.25) is 0 Å². The average Bonchev–Trinajstić information content (AvgIpc) is 2.92. The van der Waals surface area contributed by atoms with Crippen LogP contribution in [-0.4, -0.2) is 39.5 Å². The maximum atomic E-state index is 12.2. The van der Waals surface area contributed by atoms with E-state index in [4.69, 9.17) is 5.73 Å². The minimum absolute atomic E-state index is 0.296. The Balaban J connectivity index is 1.98. The number of sulfonamides is 1. The Labute approximate surface area is 121 Å². The molecule has 6 heteroatoms. The zero-order valence-corrected chi connectivity index (χ0v) is 12.7. The first-order valence-corrected chi connectivity index (χ1v) is 8.53. The van der Waals surface area contributed by atoms with E-state index in [-0.39, 0.29) is 0 Å². The Hall–Kier alpha value is -0.950. The molecule has 0 unspecified atom stereocenters. The molecule has 0 atom stereocenters. The topological polar surface area (TPSA) is 75.4 Å². The van der Waals surface area contributed by atoms with Gasteiger partial charge < -0.3 is 10.6 Å². The molecule has 0 spiro atoms. The van der Waals surface area contributed by atoms with Crippen molar-refractivity contribution >= 4 is 10.0 Å². The summed E-state index contributed by atoms with van der Waals surface area (Å²) in [4.78, 5) is 2.58. The molecule has 3 N–H and O–H groups in total. The predicted octanol–water partition coefficient (Wildman–Crippen LogP) is 0.828. The Kier molecular flexibility index (Phi) is 5.15. The van der Waals surface area contributed by atoms with Crippen LogP contribution >= 0.6 is 0 Å². The molecule has 1 aromatic rings. The summed E-state index contributed by atoms with van der Waals surface area (Å²) in [5.74, 6) is 0. The van der Waals surface area contributed by atoms with Gasteiger partial charge in [-0.1, -0.05) is 6.07 Å². The standard InChI is InChI=1S/C14H23N3O2S/c1-12-4-5-14(10-13(12)11-15)20(18,19)16-6-9-17-7-2-3-8-17/h4-5,10,16H,2-3,6-9,11,15H2,1H3. The summed E-state index contributed by atoms with van der Waals surface area (Å²) >= 11 is 0. The van der Waals surface area contributed by atoms with Gasteiger partial charge in [-0.15, -0.1) is 0 Å². The van der Waals surface area contributed by atoms with Gasteiger partial charge in [0, 0.05) is 19.6 Å². The minimum Gasteiger partial charge on any atom is -0.326 e. The summed E-state index contributed by atoms with van der Waals surface area (Å²) in [6.07, 6.45) is 2.43. The minimum atomic E-state index is -3.43. The van der Waals surface area contributed by atoms with Crippen LogP contribution < -0.4 is 10.5 Å². The van der Waals surface area contributed by atoms with E-state index < -0.39 is 10.0 Å². The van der Waals surface area contributed by atoms with Crippen LogP contribution in [-0.2, 0) is 16.6 Å². The lowest BCUT2D eigenvalue weighted by Crippen LogP contribution is -2.33. The predicted molar refractivity (Wildman–Crippen MR) is 79.9 cm³/mol. The number of likely N-dealkylation sites (tertiary alicyclic amines) is 1. The molecular formula is C14H23N3O2S. The van der Waals surface area contributed by atoms with E-state index in [0.29, 0.717) is 18.0 Å². The normalized spacial score (nSPS) is 16.7. The largest absolute Gasteiger partial charge is 0.326 e. The first-order chi connectivity index (χ1) is 9.53. The SMILES string of the molecule is Cc1ccc(S(=O)(=O)NCCN2CCCC2)cc1CN. The maximum absolute atomic E-state index is 12.2. The van der Waals surface area contributed by atoms with Crippen molar-refractivity contribution in [1.82, 2.24) is 9.62 Å². The third kappa shape index (κ3) is 3.79. The lowest BCUT2D eigenvalue weighted by molar-refractivity contribution is 0.344. The van der Waals surface area contributed by atoms with E-state index in [1.807, 2.05) is 6.92 Å². The molecule has 0 bridgehead atoms. The van der Waals surface area contributed by atoms with Crippen molar-refractivity contribution in [2.45, 2.75) is 31.2 Å². The van der Waals surface area contributed by atoms with Crippen molar-refractivity contribution in [2.24, 2.45) is 5.73 Å². The van der Waals surface area contributed by atoms with Gasteiger partial charge in [0.15, 0.2) is 0 Å². The molecular weight excluding hydrogens is 274 g/mol. The Morgan fingerprint density at radius 1 is 1.30 bits per heavy atom. The molecule has 0 radical (unpaired) electrons. The fourth-order valence-corrected chi connectivity index (χ4v) is 3.53. The van der Waals surface area contributed by atoms with E-state index in [0.717, 1.165) is 30.8 Å². The molecule has 1 aromatic carbocycles. The van der Waals surface area contributed by atoms with E-state index in [1.165, 1.54) is 12.8 Å². The first-order valence-electron chi connectivity index (χ1n) is 7.04. The van der Waals surface area contributed by atoms with Crippen molar-refractivity contribution in [1.29, 1.82) is 0 Å². The van der Waals surface area contributed by atoms with E-state index in [9.17, 15) is 8.42 Å². The summed E-state index contributed by atoms with van der Waals surface area (Å²) in [6.45, 7) is 5.65. The average molecular weight is 297 g/mol. The van der Waals surface area contributed by atoms with Gasteiger partial charge in [0.2, 0.25) is 10.0 Å². The first kappa shape index (κ1) is 15.4. The summed E-state index contributed by atoms with van der Waals surface area (Å²) in [6, 6.07) is 5.09. The Bertz CT molecular complexity index is 552. The highest BCUT2D eigenvalue weighted by Crippen LogP contribution is 2.15. The molecule has 1 aliphatic heterocycles. The summed E-state index contributed by atoms with van der Waals surface area (Å²) in [5, 5.41) is 0. The fourth-order valence-electron chi connectivity index (χ4n) is 2.46. The van der Waals surface area contributed by atoms with Gasteiger partial charge in [0.05, 0.1) is 4.90 Å². The van der Waals surface area contributed by atoms with E-state index in [1.54, 1.807) is 18.2 Å². The monoisotopic (exact) mass is 297 g/mol. The molecule has 112 valence electrons. The number of rotatable bonds is 6. The van der Waals surface area contributed by atoms with Crippen LogP contribution in [0.3, 0.4) is 0 Å². The zero-order chi connectivity index (χ0) is 14.6. The number of hydrogen-bond donors (Lipinski definition) is 2. The second-order valence-electron chi connectivity index (χ2n) is 5.24. The highest BCUT2D eigenvalue weighted by molar-refractivity contribution is 7.89. The Morgan fingerprint density at radius 3 is 2.65 bits per heavy atom. The van der Waals surface area contributed by atoms with Crippen molar-refractivity contribution in [3.63, 3.8) is 0 Å². The lowest BCUT2D eigenvalue weighted by atomic mass is 10.1. The number of nitrogens with one attached hydrogen (secondary N) is 1. The molecule has 0 aromatic heterocycles. The number of hydrogen-bond acceptors (Lipinski definition) is 4. The summed E-state index contributed by atoms with van der Waals surface area (Å²) in [5.41, 5.74) is 7.51. The van der Waals surface area contributed by atoms with Crippen LogP contribution in [0.2, 0.25) is 0 Å². The third-order valence-electron chi connectivity index (χ3n) is 3.77. The van der Waals surface area contributed by atoms with Crippen LogP contribution in [0.25, 0.3) is 0 Å². The number of nitrogens with two attached hydrogens (primary N) is 1. The van der Waals surface area contributed by atoms with Crippen LogP contribution in [0.4, 0.5) is 0 Å². The van der Waals surface area contributed by atoms with Crippen LogP contribution in [0, 0.1) is 6.92 Å². The van der Waals surface area contributed by atoms with Crippen molar-refractivity contribution in [2.75, 3.05) is 26.2 Å². The molecule has 5 nitrogen and oxygen atoms in total. The molecule has 1 heterocycles. The highest BCUT2D eigenvalue weighted by atomic mass is 32.2. The molecule has 20 heavy (non-hydrogen) atoms. The summed E-state index contributed by atoms with van der Waals surface area (Å²) in [7, 11) is -3.43.